The van der Waals surface area contributed by atoms with E-state index in [0.29, 0.717) is 24.3 Å². The zero-order valence-electron chi connectivity index (χ0n) is 19.2. The van der Waals surface area contributed by atoms with Gasteiger partial charge < -0.3 is 15.4 Å². The van der Waals surface area contributed by atoms with Gasteiger partial charge in [0.05, 0.1) is 24.5 Å². The molecule has 3 aromatic rings. The molecule has 0 saturated carbocycles. The van der Waals surface area contributed by atoms with Crippen molar-refractivity contribution < 1.29 is 18.7 Å². The number of ether oxygens (including phenoxy) is 1. The van der Waals surface area contributed by atoms with Crippen molar-refractivity contribution in [2.45, 2.75) is 33.0 Å². The van der Waals surface area contributed by atoms with Gasteiger partial charge in [-0.3, -0.25) is 14.7 Å². The number of rotatable bonds is 8. The molecule has 0 bridgehead atoms. The molecule has 1 atom stereocenters. The lowest BCUT2D eigenvalue weighted by Crippen LogP contribution is -2.33. The maximum absolute atomic E-state index is 14.9. The van der Waals surface area contributed by atoms with E-state index in [9.17, 15) is 14.0 Å². The molecule has 1 aliphatic rings. The van der Waals surface area contributed by atoms with Gasteiger partial charge in [0.15, 0.2) is 0 Å². The van der Waals surface area contributed by atoms with Gasteiger partial charge in [-0.1, -0.05) is 30.3 Å². The van der Waals surface area contributed by atoms with E-state index < -0.39 is 18.0 Å². The molecule has 4 rings (SSSR count). The Hall–Kier alpha value is -3.78. The summed E-state index contributed by atoms with van der Waals surface area (Å²) >= 11 is 0. The first-order valence-corrected chi connectivity index (χ1v) is 11.1. The second-order valence-electron chi connectivity index (χ2n) is 8.29. The summed E-state index contributed by atoms with van der Waals surface area (Å²) in [4.78, 5) is 29.1. The number of pyridine rings is 1. The lowest BCUT2D eigenvalue weighted by atomic mass is 10.0. The van der Waals surface area contributed by atoms with Crippen molar-refractivity contribution in [3.8, 4) is 11.1 Å². The van der Waals surface area contributed by atoms with Crippen LogP contribution in [0.4, 0.5) is 14.9 Å². The highest BCUT2D eigenvalue weighted by Gasteiger charge is 2.32. The van der Waals surface area contributed by atoms with E-state index in [-0.39, 0.29) is 19.0 Å². The standard InChI is InChI=1S/C26H27FN4O3/c1-17-4-3-5-21(30-17)14-28-13-19-6-8-20(9-7-19)24-11-10-22(12-25(24)27)31-16-23(34-26(31)33)15-29-18(2)32/h3-12,23,28H,13-16H2,1-2H3,(H,29,32)/t23-/m0/s1. The fourth-order valence-corrected chi connectivity index (χ4v) is 3.84. The Balaban J connectivity index is 1.37. The van der Waals surface area contributed by atoms with Crippen molar-refractivity contribution in [1.29, 1.82) is 0 Å². The number of benzene rings is 2. The number of anilines is 1. The van der Waals surface area contributed by atoms with Crippen LogP contribution >= 0.6 is 0 Å². The highest BCUT2D eigenvalue weighted by Crippen LogP contribution is 2.29. The van der Waals surface area contributed by atoms with Crippen LogP contribution in [0, 0.1) is 12.7 Å². The molecule has 0 spiro atoms. The van der Waals surface area contributed by atoms with E-state index in [4.69, 9.17) is 4.74 Å². The molecule has 176 valence electrons. The first kappa shape index (κ1) is 23.4. The first-order valence-electron chi connectivity index (χ1n) is 11.1. The molecular formula is C26H27FN4O3. The molecule has 0 aliphatic carbocycles. The second kappa shape index (κ2) is 10.4. The van der Waals surface area contributed by atoms with Crippen LogP contribution in [0.15, 0.2) is 60.7 Å². The maximum atomic E-state index is 14.9. The SMILES string of the molecule is CC(=O)NC[C@H]1CN(c2ccc(-c3ccc(CNCc4cccc(C)n4)cc3)c(F)c2)C(=O)O1. The average Bonchev–Trinajstić information content (AvgIpc) is 3.19. The van der Waals surface area contributed by atoms with Crippen LogP contribution in [-0.4, -0.2) is 36.2 Å². The number of hydrogen-bond acceptors (Lipinski definition) is 5. The molecule has 2 aromatic carbocycles. The Morgan fingerprint density at radius 2 is 1.94 bits per heavy atom. The molecule has 7 nitrogen and oxygen atoms in total. The predicted molar refractivity (Wildman–Crippen MR) is 128 cm³/mol. The van der Waals surface area contributed by atoms with Gasteiger partial charge >= 0.3 is 6.09 Å². The lowest BCUT2D eigenvalue weighted by Gasteiger charge is -2.15. The number of nitrogens with one attached hydrogen (secondary N) is 2. The summed E-state index contributed by atoms with van der Waals surface area (Å²) in [6.45, 7) is 5.18. The lowest BCUT2D eigenvalue weighted by molar-refractivity contribution is -0.119. The van der Waals surface area contributed by atoms with E-state index in [1.54, 1.807) is 12.1 Å². The molecule has 34 heavy (non-hydrogen) atoms. The van der Waals surface area contributed by atoms with E-state index in [2.05, 4.69) is 15.6 Å². The van der Waals surface area contributed by atoms with Crippen LogP contribution in [0.1, 0.15) is 23.9 Å². The topological polar surface area (TPSA) is 83.6 Å². The minimum atomic E-state index is -0.555. The molecular weight excluding hydrogens is 435 g/mol. The summed E-state index contributed by atoms with van der Waals surface area (Å²) in [5.41, 5.74) is 4.68. The van der Waals surface area contributed by atoms with E-state index in [1.165, 1.54) is 17.9 Å². The quantitative estimate of drug-likeness (QED) is 0.530. The second-order valence-corrected chi connectivity index (χ2v) is 8.29. The highest BCUT2D eigenvalue weighted by molar-refractivity contribution is 5.90. The summed E-state index contributed by atoms with van der Waals surface area (Å²) in [5, 5.41) is 5.99. The van der Waals surface area contributed by atoms with E-state index in [1.807, 2.05) is 49.4 Å². The number of carbonyl (C=O) groups is 2. The van der Waals surface area contributed by atoms with Gasteiger partial charge in [-0.15, -0.1) is 0 Å². The fourth-order valence-electron chi connectivity index (χ4n) is 3.84. The van der Waals surface area contributed by atoms with Gasteiger partial charge in [0.25, 0.3) is 0 Å². The van der Waals surface area contributed by atoms with Gasteiger partial charge in [-0.05, 0) is 48.4 Å². The Bertz CT molecular complexity index is 1180. The number of aromatic nitrogens is 1. The molecule has 1 saturated heterocycles. The summed E-state index contributed by atoms with van der Waals surface area (Å²) in [6.07, 6.45) is -1.03. The predicted octanol–water partition coefficient (Wildman–Crippen LogP) is 3.95. The third-order valence-corrected chi connectivity index (χ3v) is 5.56. The molecule has 1 fully saturated rings. The molecule has 2 N–H and O–H groups in total. The minimum Gasteiger partial charge on any atom is -0.442 e. The summed E-state index contributed by atoms with van der Waals surface area (Å²) in [5.74, 6) is -0.623. The van der Waals surface area contributed by atoms with Crippen LogP contribution in [0.2, 0.25) is 0 Å². The highest BCUT2D eigenvalue weighted by atomic mass is 19.1. The third-order valence-electron chi connectivity index (χ3n) is 5.56. The number of nitrogens with zero attached hydrogens (tertiary/aromatic N) is 2. The Morgan fingerprint density at radius 3 is 2.65 bits per heavy atom. The largest absolute Gasteiger partial charge is 0.442 e. The molecule has 1 aromatic heterocycles. The van der Waals surface area contributed by atoms with Crippen molar-refractivity contribution in [1.82, 2.24) is 15.6 Å². The zero-order valence-corrected chi connectivity index (χ0v) is 19.2. The average molecular weight is 463 g/mol. The van der Waals surface area contributed by atoms with Gasteiger partial charge in [0.2, 0.25) is 5.91 Å². The minimum absolute atomic E-state index is 0.199. The van der Waals surface area contributed by atoms with Crippen LogP contribution < -0.4 is 15.5 Å². The summed E-state index contributed by atoms with van der Waals surface area (Å²) < 4.78 is 20.2. The third kappa shape index (κ3) is 5.77. The smallest absolute Gasteiger partial charge is 0.414 e. The summed E-state index contributed by atoms with van der Waals surface area (Å²) in [6, 6.07) is 18.3. The number of cyclic esters (lactones) is 1. The fraction of sp³-hybridized carbons (Fsp3) is 0.269. The molecule has 2 heterocycles. The van der Waals surface area contributed by atoms with Gasteiger partial charge in [-0.25, -0.2) is 9.18 Å². The normalized spacial score (nSPS) is 15.3. The molecule has 0 unspecified atom stereocenters. The molecule has 8 heteroatoms. The number of carbonyl (C=O) groups excluding carboxylic acids is 2. The summed E-state index contributed by atoms with van der Waals surface area (Å²) in [7, 11) is 0. The van der Waals surface area contributed by atoms with Gasteiger partial charge in [0.1, 0.15) is 11.9 Å². The maximum Gasteiger partial charge on any atom is 0.414 e. The van der Waals surface area contributed by atoms with Crippen molar-refractivity contribution in [3.05, 3.63) is 83.4 Å². The van der Waals surface area contributed by atoms with Crippen LogP contribution in [0.5, 0.6) is 0 Å². The van der Waals surface area contributed by atoms with Crippen LogP contribution in [-0.2, 0) is 22.6 Å². The van der Waals surface area contributed by atoms with Crippen LogP contribution in [0.25, 0.3) is 11.1 Å². The number of halogens is 1. The van der Waals surface area contributed by atoms with Crippen LogP contribution in [0.3, 0.4) is 0 Å². The number of aryl methyl sites for hydroxylation is 1. The Kier molecular flexibility index (Phi) is 7.18. The Morgan fingerprint density at radius 1 is 1.15 bits per heavy atom. The van der Waals surface area contributed by atoms with Crippen molar-refractivity contribution in [3.63, 3.8) is 0 Å². The van der Waals surface area contributed by atoms with E-state index in [0.717, 1.165) is 22.5 Å². The van der Waals surface area contributed by atoms with Crippen molar-refractivity contribution >= 4 is 17.7 Å². The number of amides is 2. The first-order chi connectivity index (χ1) is 16.4. The molecule has 2 amide bonds. The monoisotopic (exact) mass is 462 g/mol. The Labute approximate surface area is 198 Å². The molecule has 1 aliphatic heterocycles. The molecule has 0 radical (unpaired) electrons. The van der Waals surface area contributed by atoms with Crippen molar-refractivity contribution in [2.75, 3.05) is 18.0 Å². The van der Waals surface area contributed by atoms with Crippen molar-refractivity contribution in [2.24, 2.45) is 0 Å². The van der Waals surface area contributed by atoms with E-state index >= 15 is 0 Å². The number of hydrogen-bond donors (Lipinski definition) is 2. The van der Waals surface area contributed by atoms with Gasteiger partial charge in [-0.2, -0.15) is 0 Å². The van der Waals surface area contributed by atoms with Gasteiger partial charge in [0, 0.05) is 31.3 Å². The zero-order chi connectivity index (χ0) is 24.1.